The van der Waals surface area contributed by atoms with Gasteiger partial charge in [-0.15, -0.1) is 0 Å². The second-order valence-electron chi connectivity index (χ2n) is 5.17. The third kappa shape index (κ3) is 8.82. The molecule has 1 aliphatic carbocycles. The lowest BCUT2D eigenvalue weighted by atomic mass is 10.2. The summed E-state index contributed by atoms with van der Waals surface area (Å²) in [4.78, 5) is 11.7. The molecule has 0 N–H and O–H groups in total. The molecule has 0 aromatic rings. The Balaban J connectivity index is 1.99. The zero-order chi connectivity index (χ0) is 13.8. The summed E-state index contributed by atoms with van der Waals surface area (Å²) in [5, 5.41) is 0. The first-order valence-corrected chi connectivity index (χ1v) is 7.80. The number of unbranched alkanes of at least 4 members (excludes halogenated alkanes) is 2. The van der Waals surface area contributed by atoms with Crippen LogP contribution in [0.4, 0.5) is 0 Å². The topological polar surface area (TPSA) is 35.5 Å². The minimum atomic E-state index is -0.0670. The van der Waals surface area contributed by atoms with Crippen LogP contribution in [-0.4, -0.2) is 19.2 Å². The van der Waals surface area contributed by atoms with E-state index in [0.717, 1.165) is 63.9 Å². The van der Waals surface area contributed by atoms with Crippen molar-refractivity contribution in [2.75, 3.05) is 13.2 Å². The summed E-state index contributed by atoms with van der Waals surface area (Å²) in [6.07, 6.45) is 12.3. The predicted molar refractivity (Wildman–Crippen MR) is 76.8 cm³/mol. The van der Waals surface area contributed by atoms with Crippen molar-refractivity contribution in [2.45, 2.75) is 71.1 Å². The molecule has 0 heterocycles. The number of hydrogen-bond acceptors (Lipinski definition) is 3. The maximum absolute atomic E-state index is 11.7. The van der Waals surface area contributed by atoms with Gasteiger partial charge in [0.05, 0.1) is 0 Å². The minimum Gasteiger partial charge on any atom is -0.431 e. The SMILES string of the molecule is CCCOCCCCCC(=O)OC1=CCCCCC1. The Kier molecular flexibility index (Phi) is 9.42. The number of carbonyl (C=O) groups is 1. The van der Waals surface area contributed by atoms with Crippen LogP contribution in [0.15, 0.2) is 11.8 Å². The molecule has 0 atom stereocenters. The lowest BCUT2D eigenvalue weighted by molar-refractivity contribution is -0.139. The first-order valence-electron chi connectivity index (χ1n) is 7.80. The van der Waals surface area contributed by atoms with E-state index in [0.29, 0.717) is 6.42 Å². The predicted octanol–water partition coefficient (Wildman–Crippen LogP) is 4.36. The molecule has 0 amide bonds. The van der Waals surface area contributed by atoms with Crippen molar-refractivity contribution >= 4 is 5.97 Å². The normalized spacial score (nSPS) is 15.7. The van der Waals surface area contributed by atoms with Crippen molar-refractivity contribution in [2.24, 2.45) is 0 Å². The molecule has 19 heavy (non-hydrogen) atoms. The summed E-state index contributed by atoms with van der Waals surface area (Å²) in [5.74, 6) is 0.830. The number of ether oxygens (including phenoxy) is 2. The van der Waals surface area contributed by atoms with E-state index in [1.54, 1.807) is 0 Å². The molecule has 0 fully saturated rings. The van der Waals surface area contributed by atoms with Crippen LogP contribution < -0.4 is 0 Å². The summed E-state index contributed by atoms with van der Waals surface area (Å²) < 4.78 is 10.8. The van der Waals surface area contributed by atoms with Crippen LogP contribution in [0.5, 0.6) is 0 Å². The molecule has 0 bridgehead atoms. The van der Waals surface area contributed by atoms with Gasteiger partial charge in [-0.2, -0.15) is 0 Å². The van der Waals surface area contributed by atoms with Gasteiger partial charge in [-0.3, -0.25) is 4.79 Å². The van der Waals surface area contributed by atoms with E-state index in [4.69, 9.17) is 9.47 Å². The third-order valence-electron chi connectivity index (χ3n) is 3.26. The molecule has 110 valence electrons. The first kappa shape index (κ1) is 16.2. The van der Waals surface area contributed by atoms with E-state index >= 15 is 0 Å². The zero-order valence-corrected chi connectivity index (χ0v) is 12.3. The average molecular weight is 268 g/mol. The van der Waals surface area contributed by atoms with Gasteiger partial charge < -0.3 is 9.47 Å². The van der Waals surface area contributed by atoms with E-state index < -0.39 is 0 Å². The molecule has 0 aromatic heterocycles. The molecule has 0 saturated heterocycles. The fraction of sp³-hybridized carbons (Fsp3) is 0.812. The minimum absolute atomic E-state index is 0.0670. The second kappa shape index (κ2) is 11.0. The summed E-state index contributed by atoms with van der Waals surface area (Å²) in [5.41, 5.74) is 0. The fourth-order valence-corrected chi connectivity index (χ4v) is 2.17. The standard InChI is InChI=1S/C16H28O3/c1-2-13-18-14-9-5-8-12-16(17)19-15-10-6-3-4-7-11-15/h10H,2-9,11-14H2,1H3. The zero-order valence-electron chi connectivity index (χ0n) is 12.3. The third-order valence-corrected chi connectivity index (χ3v) is 3.26. The number of esters is 1. The van der Waals surface area contributed by atoms with Crippen molar-refractivity contribution in [1.29, 1.82) is 0 Å². The highest BCUT2D eigenvalue weighted by Crippen LogP contribution is 2.18. The van der Waals surface area contributed by atoms with Crippen molar-refractivity contribution in [3.63, 3.8) is 0 Å². The lowest BCUT2D eigenvalue weighted by Gasteiger charge is -2.07. The van der Waals surface area contributed by atoms with E-state index in [1.807, 2.05) is 0 Å². The van der Waals surface area contributed by atoms with Crippen molar-refractivity contribution < 1.29 is 14.3 Å². The molecule has 0 spiro atoms. The summed E-state index contributed by atoms with van der Waals surface area (Å²) in [6.45, 7) is 3.77. The summed E-state index contributed by atoms with van der Waals surface area (Å²) in [7, 11) is 0. The van der Waals surface area contributed by atoms with Gasteiger partial charge in [-0.1, -0.05) is 19.8 Å². The van der Waals surface area contributed by atoms with Crippen LogP contribution in [0, 0.1) is 0 Å². The van der Waals surface area contributed by atoms with Crippen molar-refractivity contribution in [3.05, 3.63) is 11.8 Å². The maximum Gasteiger partial charge on any atom is 0.310 e. The quantitative estimate of drug-likeness (QED) is 0.460. The number of carbonyl (C=O) groups excluding carboxylic acids is 1. The highest BCUT2D eigenvalue weighted by atomic mass is 16.5. The molecule has 0 unspecified atom stereocenters. The second-order valence-corrected chi connectivity index (χ2v) is 5.17. The Hall–Kier alpha value is -0.830. The van der Waals surface area contributed by atoms with Crippen LogP contribution >= 0.6 is 0 Å². The smallest absolute Gasteiger partial charge is 0.310 e. The first-order chi connectivity index (χ1) is 9.33. The van der Waals surface area contributed by atoms with Crippen LogP contribution in [0.25, 0.3) is 0 Å². The van der Waals surface area contributed by atoms with E-state index in [1.165, 1.54) is 12.8 Å². The van der Waals surface area contributed by atoms with Gasteiger partial charge >= 0.3 is 5.97 Å². The fourth-order valence-electron chi connectivity index (χ4n) is 2.17. The molecule has 0 radical (unpaired) electrons. The van der Waals surface area contributed by atoms with Gasteiger partial charge in [0.15, 0.2) is 0 Å². The number of allylic oxidation sites excluding steroid dienone is 2. The molecule has 0 aliphatic heterocycles. The molecule has 1 aliphatic rings. The Morgan fingerprint density at radius 1 is 1.16 bits per heavy atom. The molecule has 3 heteroatoms. The monoisotopic (exact) mass is 268 g/mol. The number of rotatable bonds is 9. The van der Waals surface area contributed by atoms with Gasteiger partial charge in [0.25, 0.3) is 0 Å². The van der Waals surface area contributed by atoms with Gasteiger partial charge in [-0.25, -0.2) is 0 Å². The number of hydrogen-bond donors (Lipinski definition) is 0. The lowest BCUT2D eigenvalue weighted by Crippen LogP contribution is -2.04. The Morgan fingerprint density at radius 2 is 2.05 bits per heavy atom. The van der Waals surface area contributed by atoms with Crippen LogP contribution in [0.2, 0.25) is 0 Å². The van der Waals surface area contributed by atoms with Crippen LogP contribution in [0.1, 0.15) is 71.1 Å². The Morgan fingerprint density at radius 3 is 2.89 bits per heavy atom. The molecular formula is C16H28O3. The van der Waals surface area contributed by atoms with Gasteiger partial charge in [0.1, 0.15) is 5.76 Å². The highest BCUT2D eigenvalue weighted by Gasteiger charge is 2.09. The van der Waals surface area contributed by atoms with Gasteiger partial charge in [-0.05, 0) is 44.6 Å². The largest absolute Gasteiger partial charge is 0.431 e. The molecule has 1 rings (SSSR count). The van der Waals surface area contributed by atoms with Crippen LogP contribution in [-0.2, 0) is 14.3 Å². The Labute approximate surface area is 117 Å². The van der Waals surface area contributed by atoms with Gasteiger partial charge in [0, 0.05) is 26.1 Å². The molecule has 3 nitrogen and oxygen atoms in total. The summed E-state index contributed by atoms with van der Waals surface area (Å²) in [6, 6.07) is 0. The van der Waals surface area contributed by atoms with E-state index in [2.05, 4.69) is 13.0 Å². The van der Waals surface area contributed by atoms with Crippen molar-refractivity contribution in [3.8, 4) is 0 Å². The molecular weight excluding hydrogens is 240 g/mol. The Bertz CT molecular complexity index is 271. The van der Waals surface area contributed by atoms with Crippen molar-refractivity contribution in [1.82, 2.24) is 0 Å². The average Bonchev–Trinajstić information content (AvgIpc) is 2.66. The molecule has 0 aromatic carbocycles. The maximum atomic E-state index is 11.7. The molecule has 0 saturated carbocycles. The summed E-state index contributed by atoms with van der Waals surface area (Å²) >= 11 is 0. The van der Waals surface area contributed by atoms with E-state index in [-0.39, 0.29) is 5.97 Å². The van der Waals surface area contributed by atoms with Crippen LogP contribution in [0.3, 0.4) is 0 Å². The van der Waals surface area contributed by atoms with E-state index in [9.17, 15) is 4.79 Å². The van der Waals surface area contributed by atoms with Gasteiger partial charge in [0.2, 0.25) is 0 Å². The highest BCUT2D eigenvalue weighted by molar-refractivity contribution is 5.70.